The molecule has 0 aliphatic carbocycles. The molecule has 0 aliphatic heterocycles. The van der Waals surface area contributed by atoms with Gasteiger partial charge in [-0.15, -0.1) is 0 Å². The number of aromatic nitrogens is 1. The lowest BCUT2D eigenvalue weighted by Crippen LogP contribution is -2.11. The van der Waals surface area contributed by atoms with Crippen molar-refractivity contribution in [1.29, 1.82) is 5.26 Å². The third-order valence-electron chi connectivity index (χ3n) is 3.51. The maximum Gasteiger partial charge on any atom is 0.366 e. The molecule has 0 saturated heterocycles. The summed E-state index contributed by atoms with van der Waals surface area (Å²) in [6.45, 7) is 1.64. The first-order chi connectivity index (χ1) is 12.1. The van der Waals surface area contributed by atoms with Crippen molar-refractivity contribution in [2.75, 3.05) is 7.11 Å². The van der Waals surface area contributed by atoms with E-state index in [1.807, 2.05) is 36.4 Å². The second-order valence-electron chi connectivity index (χ2n) is 5.16. The van der Waals surface area contributed by atoms with Gasteiger partial charge in [-0.05, 0) is 31.2 Å². The molecule has 25 heavy (non-hydrogen) atoms. The first-order valence-electron chi connectivity index (χ1n) is 7.45. The van der Waals surface area contributed by atoms with Gasteiger partial charge < -0.3 is 13.9 Å². The van der Waals surface area contributed by atoms with Crippen molar-refractivity contribution in [2.24, 2.45) is 0 Å². The van der Waals surface area contributed by atoms with Crippen LogP contribution in [-0.2, 0) is 0 Å². The summed E-state index contributed by atoms with van der Waals surface area (Å²) in [5.74, 6) is 0.534. The van der Waals surface area contributed by atoms with Crippen molar-refractivity contribution < 1.29 is 18.7 Å². The van der Waals surface area contributed by atoms with E-state index in [2.05, 4.69) is 4.98 Å². The van der Waals surface area contributed by atoms with Crippen LogP contribution in [0.1, 0.15) is 21.8 Å². The number of carbonyl (C=O) groups excluding carboxylic acids is 1. The highest BCUT2D eigenvalue weighted by atomic mass is 16.6. The van der Waals surface area contributed by atoms with Gasteiger partial charge in [0.25, 0.3) is 0 Å². The number of hydrogen-bond donors (Lipinski definition) is 0. The lowest BCUT2D eigenvalue weighted by Gasteiger charge is -2.08. The molecule has 0 amide bonds. The predicted molar refractivity (Wildman–Crippen MR) is 89.3 cm³/mol. The molecule has 124 valence electrons. The minimum Gasteiger partial charge on any atom is -0.493 e. The number of benzene rings is 2. The summed E-state index contributed by atoms with van der Waals surface area (Å²) in [7, 11) is 1.43. The predicted octanol–water partition coefficient (Wildman–Crippen LogP) is 3.75. The van der Waals surface area contributed by atoms with Gasteiger partial charge >= 0.3 is 5.97 Å². The molecule has 0 bridgehead atoms. The van der Waals surface area contributed by atoms with E-state index in [0.29, 0.717) is 17.2 Å². The SMILES string of the molecule is COc1cc(C#N)ccc1OC(=O)c1nc(-c2ccccc2)oc1C. The molecular weight excluding hydrogens is 320 g/mol. The first-order valence-corrected chi connectivity index (χ1v) is 7.45. The van der Waals surface area contributed by atoms with Gasteiger partial charge in [-0.3, -0.25) is 0 Å². The molecule has 0 fully saturated rings. The van der Waals surface area contributed by atoms with Gasteiger partial charge in [-0.1, -0.05) is 18.2 Å². The maximum absolute atomic E-state index is 12.4. The van der Waals surface area contributed by atoms with E-state index in [1.54, 1.807) is 6.92 Å². The second-order valence-corrected chi connectivity index (χ2v) is 5.16. The zero-order valence-corrected chi connectivity index (χ0v) is 13.6. The van der Waals surface area contributed by atoms with E-state index in [0.717, 1.165) is 5.56 Å². The fourth-order valence-corrected chi connectivity index (χ4v) is 2.26. The minimum absolute atomic E-state index is 0.0882. The van der Waals surface area contributed by atoms with Gasteiger partial charge in [-0.25, -0.2) is 9.78 Å². The normalized spacial score (nSPS) is 10.1. The Balaban J connectivity index is 1.88. The molecule has 0 aliphatic rings. The number of esters is 1. The molecule has 6 heteroatoms. The summed E-state index contributed by atoms with van der Waals surface area (Å²) in [6.07, 6.45) is 0. The Kier molecular flexibility index (Phi) is 4.48. The number of ether oxygens (including phenoxy) is 2. The molecule has 0 radical (unpaired) electrons. The summed E-state index contributed by atoms with van der Waals surface area (Å²) >= 11 is 0. The monoisotopic (exact) mass is 334 g/mol. The van der Waals surface area contributed by atoms with Gasteiger partial charge in [0.15, 0.2) is 17.2 Å². The molecule has 0 spiro atoms. The lowest BCUT2D eigenvalue weighted by molar-refractivity contribution is 0.0722. The van der Waals surface area contributed by atoms with Crippen LogP contribution >= 0.6 is 0 Å². The fourth-order valence-electron chi connectivity index (χ4n) is 2.26. The summed E-state index contributed by atoms with van der Waals surface area (Å²) < 4.78 is 16.1. The molecule has 2 aromatic carbocycles. The number of methoxy groups -OCH3 is 1. The van der Waals surface area contributed by atoms with Gasteiger partial charge in [0, 0.05) is 11.6 Å². The number of oxazole rings is 1. The van der Waals surface area contributed by atoms with Crippen LogP contribution in [0.4, 0.5) is 0 Å². The fraction of sp³-hybridized carbons (Fsp3) is 0.105. The quantitative estimate of drug-likeness (QED) is 0.533. The van der Waals surface area contributed by atoms with Crippen molar-refractivity contribution in [3.8, 4) is 29.0 Å². The van der Waals surface area contributed by atoms with Crippen LogP contribution in [0.3, 0.4) is 0 Å². The average molecular weight is 334 g/mol. The highest BCUT2D eigenvalue weighted by Gasteiger charge is 2.21. The van der Waals surface area contributed by atoms with Crippen LogP contribution in [0.15, 0.2) is 52.9 Å². The number of nitrogens with zero attached hydrogens (tertiary/aromatic N) is 2. The van der Waals surface area contributed by atoms with E-state index in [4.69, 9.17) is 19.2 Å². The van der Waals surface area contributed by atoms with Crippen LogP contribution in [-0.4, -0.2) is 18.1 Å². The molecule has 0 saturated carbocycles. The van der Waals surface area contributed by atoms with Crippen LogP contribution in [0.25, 0.3) is 11.5 Å². The number of nitriles is 1. The second kappa shape index (κ2) is 6.89. The average Bonchev–Trinajstić information content (AvgIpc) is 3.04. The Morgan fingerprint density at radius 2 is 1.92 bits per heavy atom. The van der Waals surface area contributed by atoms with Crippen LogP contribution < -0.4 is 9.47 Å². The molecule has 6 nitrogen and oxygen atoms in total. The summed E-state index contributed by atoms with van der Waals surface area (Å²) in [4.78, 5) is 16.7. The maximum atomic E-state index is 12.4. The smallest absolute Gasteiger partial charge is 0.366 e. The third-order valence-corrected chi connectivity index (χ3v) is 3.51. The Morgan fingerprint density at radius 3 is 2.60 bits per heavy atom. The number of hydrogen-bond acceptors (Lipinski definition) is 6. The Bertz CT molecular complexity index is 955. The van der Waals surface area contributed by atoms with Crippen molar-refractivity contribution in [1.82, 2.24) is 4.98 Å². The Morgan fingerprint density at radius 1 is 1.16 bits per heavy atom. The largest absolute Gasteiger partial charge is 0.493 e. The molecule has 0 unspecified atom stereocenters. The van der Waals surface area contributed by atoms with Crippen molar-refractivity contribution in [2.45, 2.75) is 6.92 Å². The summed E-state index contributed by atoms with van der Waals surface area (Å²) in [6, 6.07) is 15.8. The number of rotatable bonds is 4. The number of carbonyl (C=O) groups is 1. The lowest BCUT2D eigenvalue weighted by atomic mass is 10.2. The molecular formula is C19H14N2O4. The summed E-state index contributed by atoms with van der Waals surface area (Å²) in [5.41, 5.74) is 1.26. The first kappa shape index (κ1) is 16.3. The molecule has 1 aromatic heterocycles. The van der Waals surface area contributed by atoms with Gasteiger partial charge in [-0.2, -0.15) is 5.26 Å². The van der Waals surface area contributed by atoms with Crippen LogP contribution in [0, 0.1) is 18.3 Å². The minimum atomic E-state index is -0.661. The molecule has 0 N–H and O–H groups in total. The van der Waals surface area contributed by atoms with Gasteiger partial charge in [0.05, 0.1) is 18.7 Å². The van der Waals surface area contributed by atoms with Crippen LogP contribution in [0.2, 0.25) is 0 Å². The van der Waals surface area contributed by atoms with E-state index < -0.39 is 5.97 Å². The van der Waals surface area contributed by atoms with E-state index in [-0.39, 0.29) is 17.2 Å². The van der Waals surface area contributed by atoms with E-state index in [1.165, 1.54) is 25.3 Å². The summed E-state index contributed by atoms with van der Waals surface area (Å²) in [5, 5.41) is 8.92. The Labute approximate surface area is 144 Å². The molecule has 1 heterocycles. The Hall–Kier alpha value is -3.59. The van der Waals surface area contributed by atoms with Gasteiger partial charge in [0.2, 0.25) is 5.89 Å². The number of aryl methyl sites for hydroxylation is 1. The van der Waals surface area contributed by atoms with Crippen LogP contribution in [0.5, 0.6) is 11.5 Å². The van der Waals surface area contributed by atoms with Crippen molar-refractivity contribution in [3.05, 3.63) is 65.5 Å². The van der Waals surface area contributed by atoms with E-state index >= 15 is 0 Å². The topological polar surface area (TPSA) is 85.4 Å². The highest BCUT2D eigenvalue weighted by molar-refractivity contribution is 5.91. The zero-order valence-electron chi connectivity index (χ0n) is 13.6. The highest BCUT2D eigenvalue weighted by Crippen LogP contribution is 2.29. The van der Waals surface area contributed by atoms with E-state index in [9.17, 15) is 4.79 Å². The van der Waals surface area contributed by atoms with Gasteiger partial charge in [0.1, 0.15) is 5.76 Å². The standard InChI is InChI=1S/C19H14N2O4/c1-12-17(21-18(24-12)14-6-4-3-5-7-14)19(22)25-15-9-8-13(11-20)10-16(15)23-2/h3-10H,1-2H3. The molecule has 3 aromatic rings. The third kappa shape index (κ3) is 3.35. The van der Waals surface area contributed by atoms with Crippen molar-refractivity contribution >= 4 is 5.97 Å². The zero-order chi connectivity index (χ0) is 17.8. The molecule has 3 rings (SSSR count). The molecule has 0 atom stereocenters. The van der Waals surface area contributed by atoms with Crippen molar-refractivity contribution in [3.63, 3.8) is 0 Å².